The molecule has 1 aliphatic rings. The largest absolute Gasteiger partial charge is 0.240 e. The second-order valence-corrected chi connectivity index (χ2v) is 8.01. The molecule has 1 saturated carbocycles. The highest BCUT2D eigenvalue weighted by molar-refractivity contribution is 9.10. The molecule has 3 nitrogen and oxygen atoms in total. The lowest BCUT2D eigenvalue weighted by Gasteiger charge is -2.28. The Kier molecular flexibility index (Phi) is 5.03. The summed E-state index contributed by atoms with van der Waals surface area (Å²) in [6.45, 7) is 2.78. The third-order valence-electron chi connectivity index (χ3n) is 3.95. The molecule has 1 aliphatic carbocycles. The smallest absolute Gasteiger partial charge is 0.211 e. The summed E-state index contributed by atoms with van der Waals surface area (Å²) >= 11 is 3.31. The summed E-state index contributed by atoms with van der Waals surface area (Å²) in [6.07, 6.45) is 4.83. The number of halogens is 1. The van der Waals surface area contributed by atoms with Crippen LogP contribution in [0.2, 0.25) is 0 Å². The maximum atomic E-state index is 12.2. The molecule has 106 valence electrons. The first-order valence-corrected chi connectivity index (χ1v) is 9.02. The Bertz CT molecular complexity index is 513. The monoisotopic (exact) mass is 345 g/mol. The molecular formula is C14H20BrNO2S. The van der Waals surface area contributed by atoms with Crippen molar-refractivity contribution in [3.63, 3.8) is 0 Å². The van der Waals surface area contributed by atoms with E-state index in [0.717, 1.165) is 10.9 Å². The lowest BCUT2D eigenvalue weighted by Crippen LogP contribution is -2.33. The molecule has 1 aromatic carbocycles. The molecule has 0 aromatic heterocycles. The Labute approximate surface area is 124 Å². The van der Waals surface area contributed by atoms with E-state index in [1.54, 1.807) is 24.3 Å². The minimum atomic E-state index is -3.37. The van der Waals surface area contributed by atoms with Gasteiger partial charge < -0.3 is 0 Å². The molecule has 1 N–H and O–H groups in total. The van der Waals surface area contributed by atoms with Crippen LogP contribution in [0.15, 0.2) is 33.6 Å². The second kappa shape index (κ2) is 6.37. The van der Waals surface area contributed by atoms with Gasteiger partial charge in [0.15, 0.2) is 0 Å². The van der Waals surface area contributed by atoms with Gasteiger partial charge in [0.25, 0.3) is 0 Å². The summed E-state index contributed by atoms with van der Waals surface area (Å²) in [6, 6.07) is 6.74. The lowest BCUT2D eigenvalue weighted by atomic mass is 9.81. The molecule has 0 bridgehead atoms. The Hall–Kier alpha value is -0.390. The van der Waals surface area contributed by atoms with Gasteiger partial charge in [0.2, 0.25) is 10.0 Å². The molecule has 2 unspecified atom stereocenters. The summed E-state index contributed by atoms with van der Waals surface area (Å²) in [5.74, 6) is 1.08. The summed E-state index contributed by atoms with van der Waals surface area (Å²) in [4.78, 5) is 0.333. The first-order chi connectivity index (χ1) is 8.99. The fraction of sp³-hybridized carbons (Fsp3) is 0.571. The number of hydrogen-bond acceptors (Lipinski definition) is 2. The molecular weight excluding hydrogens is 326 g/mol. The molecule has 1 aromatic rings. The molecule has 0 amide bonds. The van der Waals surface area contributed by atoms with Crippen molar-refractivity contribution >= 4 is 26.0 Å². The first kappa shape index (κ1) is 15.0. The van der Waals surface area contributed by atoms with Gasteiger partial charge in [-0.3, -0.25) is 0 Å². The molecule has 5 heteroatoms. The lowest BCUT2D eigenvalue weighted by molar-refractivity contribution is 0.257. The zero-order chi connectivity index (χ0) is 13.9. The summed E-state index contributed by atoms with van der Waals surface area (Å²) < 4.78 is 28.0. The van der Waals surface area contributed by atoms with Crippen LogP contribution in [0.1, 0.15) is 32.6 Å². The third-order valence-corrected chi connectivity index (χ3v) is 5.92. The van der Waals surface area contributed by atoms with Gasteiger partial charge in [-0.15, -0.1) is 0 Å². The van der Waals surface area contributed by atoms with E-state index in [4.69, 9.17) is 0 Å². The van der Waals surface area contributed by atoms with Crippen LogP contribution >= 0.6 is 15.9 Å². The van der Waals surface area contributed by atoms with E-state index in [0.29, 0.717) is 23.3 Å². The average Bonchev–Trinajstić information content (AvgIpc) is 2.38. The Morgan fingerprint density at radius 1 is 1.21 bits per heavy atom. The predicted molar refractivity (Wildman–Crippen MR) is 80.5 cm³/mol. The number of nitrogens with one attached hydrogen (secondary N) is 1. The highest BCUT2D eigenvalue weighted by atomic mass is 79.9. The quantitative estimate of drug-likeness (QED) is 0.906. The zero-order valence-electron chi connectivity index (χ0n) is 11.1. The van der Waals surface area contributed by atoms with Crippen molar-refractivity contribution in [2.45, 2.75) is 37.5 Å². The number of benzene rings is 1. The molecule has 0 heterocycles. The molecule has 0 radical (unpaired) electrons. The van der Waals surface area contributed by atoms with Crippen molar-refractivity contribution in [3.05, 3.63) is 28.7 Å². The van der Waals surface area contributed by atoms with Crippen LogP contribution in [-0.4, -0.2) is 15.0 Å². The van der Waals surface area contributed by atoms with Gasteiger partial charge in [0.05, 0.1) is 4.90 Å². The standard InChI is InChI=1S/C14H20BrNO2S/c1-11-4-2-3-5-12(11)10-16-19(17,18)14-8-6-13(15)7-9-14/h6-9,11-12,16H,2-5,10H2,1H3. The molecule has 1 fully saturated rings. The van der Waals surface area contributed by atoms with Crippen molar-refractivity contribution in [2.24, 2.45) is 11.8 Å². The van der Waals surface area contributed by atoms with Gasteiger partial charge in [-0.05, 0) is 42.5 Å². The van der Waals surface area contributed by atoms with Gasteiger partial charge in [-0.2, -0.15) is 0 Å². The normalized spacial score (nSPS) is 24.3. The number of rotatable bonds is 4. The minimum Gasteiger partial charge on any atom is -0.211 e. The van der Waals surface area contributed by atoms with Crippen molar-refractivity contribution in [3.8, 4) is 0 Å². The van der Waals surface area contributed by atoms with Crippen LogP contribution in [0, 0.1) is 11.8 Å². The number of hydrogen-bond donors (Lipinski definition) is 1. The van der Waals surface area contributed by atoms with Gasteiger partial charge in [0.1, 0.15) is 0 Å². The van der Waals surface area contributed by atoms with E-state index < -0.39 is 10.0 Å². The van der Waals surface area contributed by atoms with Gasteiger partial charge in [-0.25, -0.2) is 13.1 Å². The fourth-order valence-electron chi connectivity index (χ4n) is 2.61. The molecule has 0 spiro atoms. The van der Waals surface area contributed by atoms with Crippen molar-refractivity contribution < 1.29 is 8.42 Å². The maximum absolute atomic E-state index is 12.2. The highest BCUT2D eigenvalue weighted by Crippen LogP contribution is 2.29. The molecule has 0 saturated heterocycles. The molecule has 0 aliphatic heterocycles. The second-order valence-electron chi connectivity index (χ2n) is 5.33. The Morgan fingerprint density at radius 3 is 2.47 bits per heavy atom. The van der Waals surface area contributed by atoms with Crippen LogP contribution in [0.25, 0.3) is 0 Å². The SMILES string of the molecule is CC1CCCCC1CNS(=O)(=O)c1ccc(Br)cc1. The van der Waals surface area contributed by atoms with E-state index in [1.165, 1.54) is 19.3 Å². The van der Waals surface area contributed by atoms with Crippen molar-refractivity contribution in [2.75, 3.05) is 6.54 Å². The molecule has 2 atom stereocenters. The van der Waals surface area contributed by atoms with E-state index in [2.05, 4.69) is 27.6 Å². The fourth-order valence-corrected chi connectivity index (χ4v) is 3.97. The van der Waals surface area contributed by atoms with E-state index in [1.807, 2.05) is 0 Å². The van der Waals surface area contributed by atoms with Crippen LogP contribution in [0.4, 0.5) is 0 Å². The topological polar surface area (TPSA) is 46.2 Å². The van der Waals surface area contributed by atoms with Crippen LogP contribution < -0.4 is 4.72 Å². The molecule has 2 rings (SSSR count). The van der Waals surface area contributed by atoms with Gasteiger partial charge in [0, 0.05) is 11.0 Å². The third kappa shape index (κ3) is 4.04. The predicted octanol–water partition coefficient (Wildman–Crippen LogP) is 3.55. The zero-order valence-corrected chi connectivity index (χ0v) is 13.5. The van der Waals surface area contributed by atoms with Gasteiger partial charge >= 0.3 is 0 Å². The minimum absolute atomic E-state index is 0.333. The maximum Gasteiger partial charge on any atom is 0.240 e. The first-order valence-electron chi connectivity index (χ1n) is 6.74. The summed E-state index contributed by atoms with van der Waals surface area (Å²) in [5.41, 5.74) is 0. The average molecular weight is 346 g/mol. The van der Waals surface area contributed by atoms with Crippen molar-refractivity contribution in [1.82, 2.24) is 4.72 Å². The highest BCUT2D eigenvalue weighted by Gasteiger charge is 2.23. The van der Waals surface area contributed by atoms with Crippen molar-refractivity contribution in [1.29, 1.82) is 0 Å². The summed E-state index contributed by atoms with van der Waals surface area (Å²) in [5, 5.41) is 0. The van der Waals surface area contributed by atoms with Crippen LogP contribution in [-0.2, 0) is 10.0 Å². The number of sulfonamides is 1. The van der Waals surface area contributed by atoms with Crippen LogP contribution in [0.5, 0.6) is 0 Å². The van der Waals surface area contributed by atoms with E-state index in [-0.39, 0.29) is 0 Å². The van der Waals surface area contributed by atoms with E-state index >= 15 is 0 Å². The Balaban J connectivity index is 1.99. The molecule has 19 heavy (non-hydrogen) atoms. The Morgan fingerprint density at radius 2 is 1.84 bits per heavy atom. The van der Waals surface area contributed by atoms with Gasteiger partial charge in [-0.1, -0.05) is 42.1 Å². The van der Waals surface area contributed by atoms with Crippen LogP contribution in [0.3, 0.4) is 0 Å². The van der Waals surface area contributed by atoms with E-state index in [9.17, 15) is 8.42 Å². The summed E-state index contributed by atoms with van der Waals surface area (Å²) in [7, 11) is -3.37.